The van der Waals surface area contributed by atoms with E-state index in [1.807, 2.05) is 0 Å². The number of carbonyl (C=O) groups is 2. The molecule has 0 radical (unpaired) electrons. The van der Waals surface area contributed by atoms with Crippen LogP contribution in [-0.4, -0.2) is 96.1 Å². The zero-order valence-electron chi connectivity index (χ0n) is 13.9. The third kappa shape index (κ3) is 7.52. The molecule has 0 aromatic heterocycles. The van der Waals surface area contributed by atoms with Gasteiger partial charge in [-0.15, -0.1) is 0 Å². The normalized spacial score (nSPS) is 29.2. The van der Waals surface area contributed by atoms with Crippen LogP contribution in [0.4, 0.5) is 0 Å². The molecule has 10 nitrogen and oxygen atoms in total. The number of aliphatic hydroxyl groups is 3. The molecule has 1 aliphatic rings. The zero-order chi connectivity index (χ0) is 18.8. The number of carbonyl (C=O) groups excluding carboxylic acids is 2. The van der Waals surface area contributed by atoms with Gasteiger partial charge >= 0.3 is 0 Å². The average molecular weight is 429 g/mol. The summed E-state index contributed by atoms with van der Waals surface area (Å²) < 4.78 is 16.1. The maximum absolute atomic E-state index is 11.3. The zero-order valence-corrected chi connectivity index (χ0v) is 15.5. The monoisotopic (exact) mass is 428 g/mol. The van der Waals surface area contributed by atoms with E-state index in [1.165, 1.54) is 6.92 Å². The third-order valence-electron chi connectivity index (χ3n) is 3.45. The van der Waals surface area contributed by atoms with Gasteiger partial charge in [0, 0.05) is 13.5 Å². The lowest BCUT2D eigenvalue weighted by Crippen LogP contribution is -2.64. The van der Waals surface area contributed by atoms with Crippen molar-refractivity contribution in [2.45, 2.75) is 37.6 Å². The number of aliphatic hydroxyl groups excluding tert-OH is 3. The summed E-state index contributed by atoms with van der Waals surface area (Å²) in [6.45, 7) is 1.69. The van der Waals surface area contributed by atoms with Gasteiger partial charge in [0.15, 0.2) is 6.29 Å². The molecule has 1 fully saturated rings. The molecule has 0 saturated carbocycles. The van der Waals surface area contributed by atoms with Gasteiger partial charge in [0.05, 0.1) is 31.8 Å². The van der Waals surface area contributed by atoms with E-state index in [0.29, 0.717) is 13.2 Å². The molecule has 1 rings (SSSR count). The highest BCUT2D eigenvalue weighted by atomic mass is 79.9. The van der Waals surface area contributed by atoms with Crippen LogP contribution in [0.2, 0.25) is 0 Å². The minimum atomic E-state index is -1.35. The van der Waals surface area contributed by atoms with Crippen LogP contribution in [0.1, 0.15) is 6.92 Å². The van der Waals surface area contributed by atoms with E-state index >= 15 is 0 Å². The van der Waals surface area contributed by atoms with Crippen molar-refractivity contribution in [3.05, 3.63) is 0 Å². The second kappa shape index (κ2) is 11.7. The first kappa shape index (κ1) is 22.2. The Balaban J connectivity index is 2.39. The Morgan fingerprint density at radius 1 is 1.20 bits per heavy atom. The minimum absolute atomic E-state index is 0.0914. The number of halogens is 1. The van der Waals surface area contributed by atoms with Gasteiger partial charge < -0.3 is 40.2 Å². The highest BCUT2D eigenvalue weighted by Crippen LogP contribution is 2.22. The van der Waals surface area contributed by atoms with Gasteiger partial charge in [-0.25, -0.2) is 0 Å². The summed E-state index contributed by atoms with van der Waals surface area (Å²) in [5.41, 5.74) is 0. The number of alkyl halides is 1. The number of nitrogens with one attached hydrogen (secondary N) is 2. The highest BCUT2D eigenvalue weighted by Gasteiger charge is 2.45. The molecule has 0 aromatic rings. The Hall–Kier alpha value is -0.820. The lowest BCUT2D eigenvalue weighted by atomic mass is 9.97. The first-order valence-corrected chi connectivity index (χ1v) is 8.94. The lowest BCUT2D eigenvalue weighted by Gasteiger charge is -2.42. The van der Waals surface area contributed by atoms with E-state index < -0.39 is 43.2 Å². The third-order valence-corrected chi connectivity index (χ3v) is 3.96. The van der Waals surface area contributed by atoms with Gasteiger partial charge in [0.2, 0.25) is 11.8 Å². The van der Waals surface area contributed by atoms with Crippen LogP contribution < -0.4 is 10.6 Å². The van der Waals surface area contributed by atoms with E-state index in [2.05, 4.69) is 26.6 Å². The maximum atomic E-state index is 11.3. The summed E-state index contributed by atoms with van der Waals surface area (Å²) >= 11 is 3.02. The molecule has 5 unspecified atom stereocenters. The van der Waals surface area contributed by atoms with Crippen molar-refractivity contribution in [1.82, 2.24) is 10.6 Å². The second-order valence-electron chi connectivity index (χ2n) is 5.40. The van der Waals surface area contributed by atoms with Crippen LogP contribution in [0, 0.1) is 0 Å². The predicted molar refractivity (Wildman–Crippen MR) is 88.9 cm³/mol. The number of hydrogen-bond donors (Lipinski definition) is 5. The second-order valence-corrected chi connectivity index (χ2v) is 5.96. The van der Waals surface area contributed by atoms with Crippen molar-refractivity contribution in [2.75, 3.05) is 38.3 Å². The molecule has 0 aromatic carbocycles. The summed E-state index contributed by atoms with van der Waals surface area (Å²) in [6.07, 6.45) is -4.77. The SMILES string of the molecule is CC(=O)NC1C(OCCOCCNC(=O)CBr)OC(CO)C(O)C1O. The van der Waals surface area contributed by atoms with Crippen molar-refractivity contribution in [3.8, 4) is 0 Å². The molecule has 5 N–H and O–H groups in total. The quantitative estimate of drug-likeness (QED) is 0.189. The molecule has 25 heavy (non-hydrogen) atoms. The molecule has 1 aliphatic heterocycles. The summed E-state index contributed by atoms with van der Waals surface area (Å²) in [5, 5.41) is 34.5. The Bertz CT molecular complexity index is 428. The number of ether oxygens (including phenoxy) is 3. The molecule has 0 bridgehead atoms. The number of amides is 2. The summed E-state index contributed by atoms with van der Waals surface area (Å²) in [5.74, 6) is -0.564. The molecule has 2 amide bonds. The first-order valence-electron chi connectivity index (χ1n) is 7.82. The Morgan fingerprint density at radius 2 is 1.92 bits per heavy atom. The molecule has 0 aliphatic carbocycles. The van der Waals surface area contributed by atoms with Crippen LogP contribution >= 0.6 is 15.9 Å². The van der Waals surface area contributed by atoms with Crippen LogP contribution in [-0.2, 0) is 23.8 Å². The van der Waals surface area contributed by atoms with Gasteiger partial charge in [-0.2, -0.15) is 0 Å². The maximum Gasteiger partial charge on any atom is 0.230 e. The van der Waals surface area contributed by atoms with Gasteiger partial charge in [-0.05, 0) is 0 Å². The fourth-order valence-electron chi connectivity index (χ4n) is 2.25. The van der Waals surface area contributed by atoms with E-state index in [1.54, 1.807) is 0 Å². The number of hydrogen-bond acceptors (Lipinski definition) is 8. The van der Waals surface area contributed by atoms with Crippen LogP contribution in [0.5, 0.6) is 0 Å². The lowest BCUT2D eigenvalue weighted by molar-refractivity contribution is -0.272. The van der Waals surface area contributed by atoms with Crippen LogP contribution in [0.3, 0.4) is 0 Å². The largest absolute Gasteiger partial charge is 0.394 e. The van der Waals surface area contributed by atoms with Gasteiger partial charge in [0.1, 0.15) is 24.4 Å². The summed E-state index contributed by atoms with van der Waals surface area (Å²) in [4.78, 5) is 22.3. The van der Waals surface area contributed by atoms with E-state index in [9.17, 15) is 24.9 Å². The summed E-state index contributed by atoms with van der Waals surface area (Å²) in [7, 11) is 0. The Morgan fingerprint density at radius 3 is 2.52 bits per heavy atom. The van der Waals surface area contributed by atoms with Gasteiger partial charge in [-0.3, -0.25) is 9.59 Å². The standard InChI is InChI=1S/C14H25BrN2O8/c1-8(19)17-11-13(22)12(21)9(7-18)25-14(11)24-5-4-23-3-2-16-10(20)6-15/h9,11-14,18,21-22H,2-7H2,1H3,(H,16,20)(H,17,19). The van der Waals surface area contributed by atoms with Crippen molar-refractivity contribution in [2.24, 2.45) is 0 Å². The Kier molecular flexibility index (Phi) is 10.4. The molecule has 146 valence electrons. The molecular weight excluding hydrogens is 404 g/mol. The van der Waals surface area contributed by atoms with Crippen molar-refractivity contribution < 1.29 is 39.1 Å². The predicted octanol–water partition coefficient (Wildman–Crippen LogP) is -2.53. The first-order chi connectivity index (χ1) is 11.9. The molecule has 5 atom stereocenters. The van der Waals surface area contributed by atoms with Crippen molar-refractivity contribution in [3.63, 3.8) is 0 Å². The number of rotatable bonds is 10. The van der Waals surface area contributed by atoms with E-state index in [4.69, 9.17) is 14.2 Å². The van der Waals surface area contributed by atoms with Crippen LogP contribution in [0.15, 0.2) is 0 Å². The average Bonchev–Trinajstić information content (AvgIpc) is 2.59. The van der Waals surface area contributed by atoms with Crippen LogP contribution in [0.25, 0.3) is 0 Å². The summed E-state index contributed by atoms with van der Waals surface area (Å²) in [6, 6.07) is -0.978. The van der Waals surface area contributed by atoms with Crippen molar-refractivity contribution in [1.29, 1.82) is 0 Å². The molecular formula is C14H25BrN2O8. The molecule has 1 heterocycles. The van der Waals surface area contributed by atoms with Gasteiger partial charge in [0.25, 0.3) is 0 Å². The molecule has 0 spiro atoms. The topological polar surface area (TPSA) is 147 Å². The minimum Gasteiger partial charge on any atom is -0.394 e. The highest BCUT2D eigenvalue weighted by molar-refractivity contribution is 9.09. The van der Waals surface area contributed by atoms with Gasteiger partial charge in [-0.1, -0.05) is 15.9 Å². The fourth-order valence-corrected chi connectivity index (χ4v) is 2.45. The molecule has 11 heteroatoms. The fraction of sp³-hybridized carbons (Fsp3) is 0.857. The van der Waals surface area contributed by atoms with E-state index in [-0.39, 0.29) is 24.5 Å². The van der Waals surface area contributed by atoms with Crippen molar-refractivity contribution >= 4 is 27.7 Å². The smallest absolute Gasteiger partial charge is 0.230 e. The Labute approximate surface area is 153 Å². The molecule has 1 saturated heterocycles. The van der Waals surface area contributed by atoms with E-state index in [0.717, 1.165) is 0 Å².